The molecule has 0 radical (unpaired) electrons. The van der Waals surface area contributed by atoms with Gasteiger partial charge in [-0.2, -0.15) is 0 Å². The van der Waals surface area contributed by atoms with Crippen LogP contribution in [0.1, 0.15) is 31.2 Å². The number of carbonyl (C=O) groups is 2. The number of amides is 2. The zero-order valence-electron chi connectivity index (χ0n) is 13.7. The third kappa shape index (κ3) is 3.66. The summed E-state index contributed by atoms with van der Waals surface area (Å²) >= 11 is 0. The van der Waals surface area contributed by atoms with Gasteiger partial charge in [0.2, 0.25) is 11.8 Å². The molecule has 0 bridgehead atoms. The minimum atomic E-state index is 0.0328. The number of carbonyl (C=O) groups excluding carboxylic acids is 2. The lowest BCUT2D eigenvalue weighted by atomic mass is 10.1. The monoisotopic (exact) mass is 316 g/mol. The van der Waals surface area contributed by atoms with Gasteiger partial charge in [0.1, 0.15) is 5.75 Å². The Hall–Kier alpha value is -2.04. The second kappa shape index (κ2) is 7.02. The van der Waals surface area contributed by atoms with Gasteiger partial charge in [-0.1, -0.05) is 25.0 Å². The lowest BCUT2D eigenvalue weighted by Gasteiger charge is -2.35. The molecule has 1 saturated heterocycles. The average molecular weight is 316 g/mol. The predicted octanol–water partition coefficient (Wildman–Crippen LogP) is 2.06. The van der Waals surface area contributed by atoms with Crippen molar-refractivity contribution < 1.29 is 14.3 Å². The second-order valence-electron chi connectivity index (χ2n) is 6.41. The van der Waals surface area contributed by atoms with Crippen LogP contribution in [-0.2, 0) is 16.1 Å². The van der Waals surface area contributed by atoms with Crippen LogP contribution in [0.5, 0.6) is 5.75 Å². The van der Waals surface area contributed by atoms with Crippen molar-refractivity contribution in [3.05, 3.63) is 29.8 Å². The van der Waals surface area contributed by atoms with E-state index in [4.69, 9.17) is 4.74 Å². The first-order chi connectivity index (χ1) is 11.2. The molecule has 1 aliphatic carbocycles. The summed E-state index contributed by atoms with van der Waals surface area (Å²) in [6, 6.07) is 7.76. The molecule has 1 aliphatic heterocycles. The average Bonchev–Trinajstić information content (AvgIpc) is 3.11. The van der Waals surface area contributed by atoms with Crippen molar-refractivity contribution in [1.29, 1.82) is 0 Å². The molecule has 2 fully saturated rings. The van der Waals surface area contributed by atoms with E-state index in [9.17, 15) is 9.59 Å². The van der Waals surface area contributed by atoms with Crippen molar-refractivity contribution in [3.63, 3.8) is 0 Å². The maximum atomic E-state index is 12.4. The molecule has 23 heavy (non-hydrogen) atoms. The maximum Gasteiger partial charge on any atom is 0.242 e. The highest BCUT2D eigenvalue weighted by Gasteiger charge is 2.32. The molecule has 0 N–H and O–H groups in total. The third-order valence-corrected chi connectivity index (χ3v) is 4.84. The van der Waals surface area contributed by atoms with Gasteiger partial charge < -0.3 is 14.5 Å². The Bertz CT molecular complexity index is 581. The van der Waals surface area contributed by atoms with Gasteiger partial charge in [0.25, 0.3) is 0 Å². The van der Waals surface area contributed by atoms with E-state index in [0.29, 0.717) is 19.6 Å². The topological polar surface area (TPSA) is 49.9 Å². The zero-order chi connectivity index (χ0) is 16.2. The van der Waals surface area contributed by atoms with Gasteiger partial charge in [0, 0.05) is 25.6 Å². The minimum Gasteiger partial charge on any atom is -0.497 e. The van der Waals surface area contributed by atoms with Crippen LogP contribution < -0.4 is 4.74 Å². The summed E-state index contributed by atoms with van der Waals surface area (Å²) in [4.78, 5) is 28.4. The molecule has 5 heteroatoms. The fourth-order valence-electron chi connectivity index (χ4n) is 3.49. The summed E-state index contributed by atoms with van der Waals surface area (Å²) in [5.41, 5.74) is 1.05. The summed E-state index contributed by atoms with van der Waals surface area (Å²) in [6.07, 6.45) is 4.24. The van der Waals surface area contributed by atoms with E-state index in [1.54, 1.807) is 12.0 Å². The Morgan fingerprint density at radius 1 is 1.26 bits per heavy atom. The first-order valence-electron chi connectivity index (χ1n) is 8.37. The first kappa shape index (κ1) is 15.8. The molecule has 1 heterocycles. The molecule has 5 nitrogen and oxygen atoms in total. The zero-order valence-corrected chi connectivity index (χ0v) is 13.7. The summed E-state index contributed by atoms with van der Waals surface area (Å²) in [5.74, 6) is 1.15. The van der Waals surface area contributed by atoms with Gasteiger partial charge in [-0.05, 0) is 30.5 Å². The molecular weight excluding hydrogens is 292 g/mol. The quantitative estimate of drug-likeness (QED) is 0.854. The lowest BCUT2D eigenvalue weighted by Crippen LogP contribution is -2.52. The van der Waals surface area contributed by atoms with Gasteiger partial charge >= 0.3 is 0 Å². The molecule has 2 aliphatic rings. The van der Waals surface area contributed by atoms with E-state index in [0.717, 1.165) is 37.0 Å². The van der Waals surface area contributed by atoms with Crippen molar-refractivity contribution in [2.75, 3.05) is 26.7 Å². The van der Waals surface area contributed by atoms with E-state index < -0.39 is 0 Å². The summed E-state index contributed by atoms with van der Waals surface area (Å²) in [5, 5.41) is 0. The van der Waals surface area contributed by atoms with Gasteiger partial charge in [0.15, 0.2) is 0 Å². The number of hydrogen-bond donors (Lipinski definition) is 0. The lowest BCUT2D eigenvalue weighted by molar-refractivity contribution is -0.147. The van der Waals surface area contributed by atoms with Crippen molar-refractivity contribution >= 4 is 11.8 Å². The highest BCUT2D eigenvalue weighted by molar-refractivity contribution is 5.87. The number of piperazine rings is 1. The summed E-state index contributed by atoms with van der Waals surface area (Å²) < 4.78 is 5.22. The number of rotatable bonds is 4. The van der Waals surface area contributed by atoms with Crippen LogP contribution in [0.25, 0.3) is 0 Å². The molecule has 1 aromatic rings. The predicted molar refractivity (Wildman–Crippen MR) is 86.9 cm³/mol. The molecule has 1 saturated carbocycles. The minimum absolute atomic E-state index is 0.0328. The van der Waals surface area contributed by atoms with Crippen molar-refractivity contribution in [1.82, 2.24) is 9.80 Å². The largest absolute Gasteiger partial charge is 0.497 e. The van der Waals surface area contributed by atoms with E-state index in [-0.39, 0.29) is 24.3 Å². The van der Waals surface area contributed by atoms with Crippen molar-refractivity contribution in [2.24, 2.45) is 5.92 Å². The molecule has 124 valence electrons. The van der Waals surface area contributed by atoms with Crippen LogP contribution in [0.4, 0.5) is 0 Å². The molecule has 2 amide bonds. The summed E-state index contributed by atoms with van der Waals surface area (Å²) in [7, 11) is 1.64. The van der Waals surface area contributed by atoms with Crippen LogP contribution in [0.2, 0.25) is 0 Å². The molecule has 1 aromatic carbocycles. The fraction of sp³-hybridized carbons (Fsp3) is 0.556. The molecule has 0 atom stereocenters. The summed E-state index contributed by atoms with van der Waals surface area (Å²) in [6.45, 7) is 2.04. The molecule has 0 unspecified atom stereocenters. The van der Waals surface area contributed by atoms with E-state index in [1.165, 1.54) is 0 Å². The fourth-order valence-corrected chi connectivity index (χ4v) is 3.49. The molecule has 0 aromatic heterocycles. The van der Waals surface area contributed by atoms with Gasteiger partial charge in [-0.15, -0.1) is 0 Å². The van der Waals surface area contributed by atoms with E-state index >= 15 is 0 Å². The normalized spacial score (nSPS) is 19.3. The van der Waals surface area contributed by atoms with Gasteiger partial charge in [-0.3, -0.25) is 9.59 Å². The van der Waals surface area contributed by atoms with Crippen molar-refractivity contribution in [2.45, 2.75) is 32.2 Å². The Labute approximate surface area is 137 Å². The van der Waals surface area contributed by atoms with E-state index in [2.05, 4.69) is 0 Å². The van der Waals surface area contributed by atoms with Crippen LogP contribution >= 0.6 is 0 Å². The smallest absolute Gasteiger partial charge is 0.242 e. The third-order valence-electron chi connectivity index (χ3n) is 4.84. The molecule has 3 rings (SSSR count). The van der Waals surface area contributed by atoms with E-state index in [1.807, 2.05) is 29.2 Å². The Morgan fingerprint density at radius 2 is 2.04 bits per heavy atom. The SMILES string of the molecule is COc1cccc(CN2CCN(C(=O)C3CCCC3)CC2=O)c1. The number of benzene rings is 1. The number of nitrogens with zero attached hydrogens (tertiary/aromatic N) is 2. The van der Waals surface area contributed by atoms with Crippen LogP contribution in [0.3, 0.4) is 0 Å². The van der Waals surface area contributed by atoms with Crippen LogP contribution in [0, 0.1) is 5.92 Å². The standard InChI is InChI=1S/C18H24N2O3/c1-23-16-8-4-5-14(11-16)12-19-9-10-20(13-17(19)21)18(22)15-6-2-3-7-15/h4-5,8,11,15H,2-3,6-7,9-10,12-13H2,1H3. The maximum absolute atomic E-state index is 12.4. The van der Waals surface area contributed by atoms with Crippen LogP contribution in [0.15, 0.2) is 24.3 Å². The number of methoxy groups -OCH3 is 1. The number of ether oxygens (including phenoxy) is 1. The van der Waals surface area contributed by atoms with Gasteiger partial charge in [0.05, 0.1) is 13.7 Å². The van der Waals surface area contributed by atoms with Crippen LogP contribution in [-0.4, -0.2) is 48.4 Å². The Kier molecular flexibility index (Phi) is 4.84. The van der Waals surface area contributed by atoms with Crippen molar-refractivity contribution in [3.8, 4) is 5.75 Å². The first-order valence-corrected chi connectivity index (χ1v) is 8.37. The Morgan fingerprint density at radius 3 is 2.74 bits per heavy atom. The molecular formula is C18H24N2O3. The highest BCUT2D eigenvalue weighted by atomic mass is 16.5. The second-order valence-corrected chi connectivity index (χ2v) is 6.41. The van der Waals surface area contributed by atoms with Gasteiger partial charge in [-0.25, -0.2) is 0 Å². The number of hydrogen-bond acceptors (Lipinski definition) is 3. The highest BCUT2D eigenvalue weighted by Crippen LogP contribution is 2.27. The molecule has 0 spiro atoms. The Balaban J connectivity index is 1.58.